The van der Waals surface area contributed by atoms with Gasteiger partial charge in [0.25, 0.3) is 0 Å². The van der Waals surface area contributed by atoms with Gasteiger partial charge in [-0.15, -0.1) is 0 Å². The molecular formula is C27H45N3O18. The summed E-state index contributed by atoms with van der Waals surface area (Å²) in [4.78, 5) is 33.9. The Kier molecular flexibility index (Phi) is 13.4. The average Bonchev–Trinajstić information content (AvgIpc) is 3.04. The molecule has 276 valence electrons. The average molecular weight is 700 g/mol. The van der Waals surface area contributed by atoms with E-state index in [1.165, 1.54) is 20.8 Å². The third-order valence-electron chi connectivity index (χ3n) is 9.00. The van der Waals surface area contributed by atoms with Crippen molar-refractivity contribution in [2.75, 3.05) is 6.61 Å². The number of ether oxygens (including phenoxy) is 7. The Balaban J connectivity index is 1.65. The zero-order valence-corrected chi connectivity index (χ0v) is 26.1. The lowest BCUT2D eigenvalue weighted by atomic mass is 9.94. The van der Waals surface area contributed by atoms with Gasteiger partial charge in [0.1, 0.15) is 61.0 Å². The number of carbonyl (C=O) groups is 3. The van der Waals surface area contributed by atoms with Gasteiger partial charge >= 0.3 is 0 Å². The molecule has 4 saturated heterocycles. The van der Waals surface area contributed by atoms with E-state index in [1.54, 1.807) is 0 Å². The van der Waals surface area contributed by atoms with E-state index in [9.17, 15) is 55.2 Å². The summed E-state index contributed by atoms with van der Waals surface area (Å²) < 4.78 is 40.4. The molecule has 3 amide bonds. The molecule has 0 spiro atoms. The number of carbonyl (C=O) groups excluding carboxylic acids is 3. The molecule has 0 aromatic rings. The van der Waals surface area contributed by atoms with Gasteiger partial charge in [-0.1, -0.05) is 0 Å². The van der Waals surface area contributed by atoms with Crippen LogP contribution in [0.25, 0.3) is 0 Å². The van der Waals surface area contributed by atoms with E-state index < -0.39 is 129 Å². The summed E-state index contributed by atoms with van der Waals surface area (Å²) in [5, 5.41) is 92.2. The quantitative estimate of drug-likeness (QED) is 0.0795. The van der Waals surface area contributed by atoms with Crippen LogP contribution in [0.3, 0.4) is 0 Å². The summed E-state index contributed by atoms with van der Waals surface area (Å²) >= 11 is 0. The zero-order valence-electron chi connectivity index (χ0n) is 26.1. The lowest BCUT2D eigenvalue weighted by Crippen LogP contribution is -2.69. The molecule has 4 aliphatic heterocycles. The van der Waals surface area contributed by atoms with E-state index in [0.29, 0.717) is 12.8 Å². The van der Waals surface area contributed by atoms with Crippen LogP contribution < -0.4 is 16.0 Å². The van der Waals surface area contributed by atoms with Crippen molar-refractivity contribution in [3.63, 3.8) is 0 Å². The summed E-state index contributed by atoms with van der Waals surface area (Å²) in [6, 6.07) is -3.31. The van der Waals surface area contributed by atoms with Crippen LogP contribution in [-0.4, -0.2) is 189 Å². The van der Waals surface area contributed by atoms with Crippen LogP contribution in [0.15, 0.2) is 0 Å². The number of amides is 3. The Hall–Kier alpha value is -2.19. The maximum absolute atomic E-state index is 11.4. The monoisotopic (exact) mass is 699 g/mol. The molecule has 21 nitrogen and oxygen atoms in total. The molecule has 0 aliphatic carbocycles. The maximum atomic E-state index is 11.4. The number of aliphatic hydroxyl groups excluding tert-OH is 8. The van der Waals surface area contributed by atoms with E-state index >= 15 is 0 Å². The first-order valence-corrected chi connectivity index (χ1v) is 15.3. The second kappa shape index (κ2) is 16.7. The molecule has 21 heteroatoms. The molecule has 0 radical (unpaired) electrons. The Morgan fingerprint density at radius 1 is 0.521 bits per heavy atom. The Bertz CT molecular complexity index is 1060. The molecule has 20 atom stereocenters. The molecule has 11 N–H and O–H groups in total. The van der Waals surface area contributed by atoms with Crippen LogP contribution in [0.5, 0.6) is 0 Å². The standard InChI is InChI=1S/C27H45N3O18/c1-8-12(28-5-32)16(36)21(24(41)42-8)46-26-23(18(38)14(30-7-34)9(2)43-26)48-27-22(17(37)13(29-6-33)10(3)44-27)47-25-20(40)19(39)15(35)11(4-31)45-25/h5-27,31,35-41H,4H2,1-3H3,(H,28,32)(H,29,33)(H,30,34)/t8-,9-,10-,11-,12-,13-,14-,15-,16+,17+,18+,19+,20+,21+,22+,23+,24+,25-,26-,27-/m1/s1. The largest absolute Gasteiger partial charge is 0.394 e. The third kappa shape index (κ3) is 7.90. The Labute approximate surface area is 273 Å². The van der Waals surface area contributed by atoms with Crippen molar-refractivity contribution in [1.82, 2.24) is 16.0 Å². The highest BCUT2D eigenvalue weighted by Gasteiger charge is 2.55. The van der Waals surface area contributed by atoms with Crippen molar-refractivity contribution in [1.29, 1.82) is 0 Å². The second-order valence-electron chi connectivity index (χ2n) is 12.1. The first-order valence-electron chi connectivity index (χ1n) is 15.3. The predicted molar refractivity (Wildman–Crippen MR) is 151 cm³/mol. The van der Waals surface area contributed by atoms with E-state index in [-0.39, 0.29) is 6.41 Å². The number of rotatable bonds is 13. The molecule has 0 aromatic carbocycles. The minimum atomic E-state index is -1.92. The normalized spacial score (nSPS) is 49.8. The topological polar surface area (TPSA) is 314 Å². The molecule has 0 bridgehead atoms. The fourth-order valence-electron chi connectivity index (χ4n) is 6.30. The highest BCUT2D eigenvalue weighted by atomic mass is 16.8. The van der Waals surface area contributed by atoms with Crippen molar-refractivity contribution < 1.29 is 88.4 Å². The first-order chi connectivity index (χ1) is 22.8. The van der Waals surface area contributed by atoms with Gasteiger partial charge in [-0.25, -0.2) is 0 Å². The lowest BCUT2D eigenvalue weighted by Gasteiger charge is -2.50. The smallest absolute Gasteiger partial charge is 0.207 e. The fourth-order valence-corrected chi connectivity index (χ4v) is 6.30. The molecule has 0 aromatic heterocycles. The van der Waals surface area contributed by atoms with Crippen LogP contribution in [0.4, 0.5) is 0 Å². The summed E-state index contributed by atoms with van der Waals surface area (Å²) in [7, 11) is 0. The highest BCUT2D eigenvalue weighted by Crippen LogP contribution is 2.34. The number of nitrogens with one attached hydrogen (secondary N) is 3. The molecule has 4 rings (SSSR count). The SMILES string of the molecule is C[C@H]1O[C@H](O[C@@H]2[C@@H](O[C@H]3[C@@H](O)[C@H](NC=O)[C@@H](C)O[C@@H]3O)O[C@H](C)[C@@H](NC=O)[C@@H]2O)[C@@H](O[C@H]2O[C@H](CO)[C@@H](O)[C@H](O)[C@@H]2O)[C@@H](O)[C@@H]1NC=O. The minimum absolute atomic E-state index is 0.288. The summed E-state index contributed by atoms with van der Waals surface area (Å²) in [6.07, 6.45) is -25.7. The minimum Gasteiger partial charge on any atom is -0.394 e. The van der Waals surface area contributed by atoms with Crippen LogP contribution >= 0.6 is 0 Å². The van der Waals surface area contributed by atoms with Gasteiger partial charge in [0.2, 0.25) is 19.2 Å². The van der Waals surface area contributed by atoms with Crippen molar-refractivity contribution in [2.45, 2.75) is 143 Å². The first kappa shape index (κ1) is 38.6. The van der Waals surface area contributed by atoms with Crippen molar-refractivity contribution in [2.24, 2.45) is 0 Å². The number of hydrogen-bond acceptors (Lipinski definition) is 18. The van der Waals surface area contributed by atoms with Gasteiger partial charge < -0.3 is 90.0 Å². The number of aliphatic hydroxyl groups is 8. The molecule has 0 unspecified atom stereocenters. The van der Waals surface area contributed by atoms with E-state index in [2.05, 4.69) is 16.0 Å². The van der Waals surface area contributed by atoms with Crippen LogP contribution in [0, 0.1) is 0 Å². The van der Waals surface area contributed by atoms with Crippen molar-refractivity contribution >= 4 is 19.2 Å². The lowest BCUT2D eigenvalue weighted by molar-refractivity contribution is -0.389. The predicted octanol–water partition coefficient (Wildman–Crippen LogP) is -7.40. The fraction of sp³-hybridized carbons (Fsp3) is 0.889. The van der Waals surface area contributed by atoms with Crippen molar-refractivity contribution in [3.8, 4) is 0 Å². The summed E-state index contributed by atoms with van der Waals surface area (Å²) in [5.74, 6) is 0. The van der Waals surface area contributed by atoms with Crippen molar-refractivity contribution in [3.05, 3.63) is 0 Å². The van der Waals surface area contributed by atoms with Gasteiger partial charge in [0.15, 0.2) is 25.2 Å². The summed E-state index contributed by atoms with van der Waals surface area (Å²) in [5.41, 5.74) is 0. The zero-order chi connectivity index (χ0) is 35.4. The van der Waals surface area contributed by atoms with Gasteiger partial charge in [0.05, 0.1) is 43.0 Å². The molecular weight excluding hydrogens is 654 g/mol. The Morgan fingerprint density at radius 2 is 0.917 bits per heavy atom. The second-order valence-corrected chi connectivity index (χ2v) is 12.1. The molecule has 4 aliphatic rings. The Morgan fingerprint density at radius 3 is 1.35 bits per heavy atom. The third-order valence-corrected chi connectivity index (χ3v) is 9.00. The van der Waals surface area contributed by atoms with Crippen LogP contribution in [0.1, 0.15) is 20.8 Å². The van der Waals surface area contributed by atoms with Gasteiger partial charge in [0, 0.05) is 0 Å². The van der Waals surface area contributed by atoms with Crippen LogP contribution in [-0.2, 0) is 47.5 Å². The molecule has 4 fully saturated rings. The molecule has 0 saturated carbocycles. The van der Waals surface area contributed by atoms with E-state index in [4.69, 9.17) is 33.2 Å². The highest BCUT2D eigenvalue weighted by molar-refractivity contribution is 5.48. The molecule has 48 heavy (non-hydrogen) atoms. The van der Waals surface area contributed by atoms with E-state index in [1.807, 2.05) is 0 Å². The van der Waals surface area contributed by atoms with Gasteiger partial charge in [-0.2, -0.15) is 0 Å². The summed E-state index contributed by atoms with van der Waals surface area (Å²) in [6.45, 7) is 3.63. The van der Waals surface area contributed by atoms with Gasteiger partial charge in [-0.3, -0.25) is 14.4 Å². The molecule has 4 heterocycles. The maximum Gasteiger partial charge on any atom is 0.207 e. The van der Waals surface area contributed by atoms with E-state index in [0.717, 1.165) is 0 Å². The van der Waals surface area contributed by atoms with Crippen LogP contribution in [0.2, 0.25) is 0 Å². The number of hydrogen-bond donors (Lipinski definition) is 11. The van der Waals surface area contributed by atoms with Gasteiger partial charge in [-0.05, 0) is 20.8 Å².